The number of amides is 1. The van der Waals surface area contributed by atoms with Gasteiger partial charge in [0.1, 0.15) is 5.82 Å². The van der Waals surface area contributed by atoms with Gasteiger partial charge in [0.25, 0.3) is 0 Å². The van der Waals surface area contributed by atoms with Gasteiger partial charge in [-0.3, -0.25) is 4.68 Å². The van der Waals surface area contributed by atoms with Crippen LogP contribution in [0, 0.1) is 12.8 Å². The molecule has 10 heteroatoms. The Morgan fingerprint density at radius 3 is 2.63 bits per heavy atom. The summed E-state index contributed by atoms with van der Waals surface area (Å²) in [6, 6.07) is 7.48. The van der Waals surface area contributed by atoms with Crippen LogP contribution in [0.3, 0.4) is 0 Å². The number of hydrogen-bond acceptors (Lipinski definition) is 4. The molecule has 8 nitrogen and oxygen atoms in total. The number of halogens is 1. The van der Waals surface area contributed by atoms with E-state index in [2.05, 4.69) is 5.10 Å². The molecule has 0 aliphatic heterocycles. The lowest BCUT2D eigenvalue weighted by Crippen LogP contribution is -2.40. The summed E-state index contributed by atoms with van der Waals surface area (Å²) in [5, 5.41) is 15.4. The van der Waals surface area contributed by atoms with E-state index >= 15 is 0 Å². The number of benzene rings is 1. The SMILES string of the molecule is Cc1nn(C)c(-n2ccc3cc(Cl)ccc32)c1CCS(=O)(=O)N(CC(C)C)C(=O)O. The number of sulfonamides is 1. The van der Waals surface area contributed by atoms with Crippen molar-refractivity contribution in [2.75, 3.05) is 12.3 Å². The number of carbonyl (C=O) groups is 1. The van der Waals surface area contributed by atoms with E-state index in [0.29, 0.717) is 15.0 Å². The molecule has 0 atom stereocenters. The van der Waals surface area contributed by atoms with Crippen LogP contribution in [0.2, 0.25) is 5.02 Å². The number of aromatic nitrogens is 3. The largest absolute Gasteiger partial charge is 0.464 e. The third-order valence-electron chi connectivity index (χ3n) is 4.88. The maximum absolute atomic E-state index is 12.7. The van der Waals surface area contributed by atoms with Crippen LogP contribution in [0.1, 0.15) is 25.1 Å². The minimum absolute atomic E-state index is 0.0699. The van der Waals surface area contributed by atoms with Gasteiger partial charge >= 0.3 is 6.09 Å². The topological polar surface area (TPSA) is 97.4 Å². The molecule has 0 spiro atoms. The van der Waals surface area contributed by atoms with Crippen molar-refractivity contribution in [3.63, 3.8) is 0 Å². The van der Waals surface area contributed by atoms with Crippen LogP contribution in [-0.4, -0.2) is 50.6 Å². The Kier molecular flexibility index (Phi) is 6.14. The van der Waals surface area contributed by atoms with Crippen LogP contribution in [0.15, 0.2) is 30.5 Å². The normalized spacial score (nSPS) is 12.1. The fourth-order valence-electron chi connectivity index (χ4n) is 3.57. The van der Waals surface area contributed by atoms with Gasteiger partial charge in [-0.05, 0) is 43.5 Å². The van der Waals surface area contributed by atoms with Crippen molar-refractivity contribution in [2.45, 2.75) is 27.2 Å². The van der Waals surface area contributed by atoms with E-state index in [-0.39, 0.29) is 24.6 Å². The van der Waals surface area contributed by atoms with Crippen LogP contribution in [0.5, 0.6) is 0 Å². The minimum Gasteiger partial charge on any atom is -0.464 e. The Bertz CT molecular complexity index is 1200. The van der Waals surface area contributed by atoms with Gasteiger partial charge in [-0.1, -0.05) is 25.4 Å². The van der Waals surface area contributed by atoms with Crippen molar-refractivity contribution in [1.29, 1.82) is 0 Å². The monoisotopic (exact) mass is 452 g/mol. The average molecular weight is 453 g/mol. The highest BCUT2D eigenvalue weighted by Gasteiger charge is 2.29. The van der Waals surface area contributed by atoms with Crippen LogP contribution in [0.4, 0.5) is 4.79 Å². The van der Waals surface area contributed by atoms with Gasteiger partial charge in [0.15, 0.2) is 0 Å². The number of rotatable bonds is 7. The number of hydrogen-bond donors (Lipinski definition) is 1. The van der Waals surface area contributed by atoms with Crippen molar-refractivity contribution in [3.8, 4) is 5.82 Å². The van der Waals surface area contributed by atoms with Gasteiger partial charge in [-0.2, -0.15) is 5.10 Å². The molecule has 0 aliphatic carbocycles. The average Bonchev–Trinajstić information content (AvgIpc) is 3.16. The minimum atomic E-state index is -3.99. The molecule has 1 aromatic carbocycles. The molecule has 2 aromatic heterocycles. The third kappa shape index (κ3) is 4.32. The Hall–Kier alpha value is -2.52. The van der Waals surface area contributed by atoms with E-state index in [9.17, 15) is 18.3 Å². The Morgan fingerprint density at radius 2 is 2.00 bits per heavy atom. The Balaban J connectivity index is 1.97. The predicted octanol–water partition coefficient (Wildman–Crippen LogP) is 3.83. The fourth-order valence-corrected chi connectivity index (χ4v) is 5.19. The van der Waals surface area contributed by atoms with Crippen LogP contribution in [0.25, 0.3) is 16.7 Å². The molecule has 0 unspecified atom stereocenters. The molecule has 3 aromatic rings. The number of nitrogens with zero attached hydrogens (tertiary/aromatic N) is 4. The van der Waals surface area contributed by atoms with Crippen molar-refractivity contribution < 1.29 is 18.3 Å². The van der Waals surface area contributed by atoms with Gasteiger partial charge < -0.3 is 9.67 Å². The molecule has 0 saturated carbocycles. The van der Waals surface area contributed by atoms with Gasteiger partial charge in [0.05, 0.1) is 17.0 Å². The van der Waals surface area contributed by atoms with Crippen molar-refractivity contribution in [1.82, 2.24) is 18.7 Å². The zero-order valence-corrected chi connectivity index (χ0v) is 18.9. The molecule has 0 radical (unpaired) electrons. The summed E-state index contributed by atoms with van der Waals surface area (Å²) in [5.74, 6) is 0.312. The first-order chi connectivity index (χ1) is 14.0. The highest BCUT2D eigenvalue weighted by Crippen LogP contribution is 2.27. The van der Waals surface area contributed by atoms with Crippen LogP contribution >= 0.6 is 11.6 Å². The van der Waals surface area contributed by atoms with E-state index in [1.54, 1.807) is 31.6 Å². The van der Waals surface area contributed by atoms with E-state index in [1.165, 1.54) is 0 Å². The molecule has 3 rings (SSSR count). The third-order valence-corrected chi connectivity index (χ3v) is 6.82. The molecule has 1 amide bonds. The molecule has 2 heterocycles. The first-order valence-electron chi connectivity index (χ1n) is 9.54. The van der Waals surface area contributed by atoms with E-state index in [0.717, 1.165) is 22.3 Å². The maximum atomic E-state index is 12.7. The van der Waals surface area contributed by atoms with Gasteiger partial charge in [-0.25, -0.2) is 17.5 Å². The number of aryl methyl sites for hydroxylation is 2. The summed E-state index contributed by atoms with van der Waals surface area (Å²) < 4.78 is 29.7. The lowest BCUT2D eigenvalue weighted by molar-refractivity contribution is 0.169. The summed E-state index contributed by atoms with van der Waals surface area (Å²) in [5.41, 5.74) is 2.37. The first-order valence-corrected chi connectivity index (χ1v) is 11.5. The molecule has 1 N–H and O–H groups in total. The first kappa shape index (κ1) is 22.2. The Morgan fingerprint density at radius 1 is 1.30 bits per heavy atom. The summed E-state index contributed by atoms with van der Waals surface area (Å²) >= 11 is 6.09. The molecule has 30 heavy (non-hydrogen) atoms. The second-order valence-electron chi connectivity index (χ2n) is 7.67. The Labute approximate surface area is 180 Å². The number of fused-ring (bicyclic) bond motifs is 1. The van der Waals surface area contributed by atoms with Crippen LogP contribution < -0.4 is 0 Å². The summed E-state index contributed by atoms with van der Waals surface area (Å²) in [6.45, 7) is 5.30. The molecule has 0 fully saturated rings. The quantitative estimate of drug-likeness (QED) is 0.587. The second-order valence-corrected chi connectivity index (χ2v) is 10.1. The summed E-state index contributed by atoms with van der Waals surface area (Å²) in [7, 11) is -2.19. The zero-order chi connectivity index (χ0) is 22.2. The highest BCUT2D eigenvalue weighted by molar-refractivity contribution is 7.89. The van der Waals surface area contributed by atoms with Crippen molar-refractivity contribution in [2.24, 2.45) is 13.0 Å². The molecule has 0 aliphatic rings. The lowest BCUT2D eigenvalue weighted by atomic mass is 10.2. The molecule has 162 valence electrons. The lowest BCUT2D eigenvalue weighted by Gasteiger charge is -2.21. The number of carboxylic acid groups (broad SMARTS) is 1. The predicted molar refractivity (Wildman–Crippen MR) is 117 cm³/mol. The van der Waals surface area contributed by atoms with Crippen molar-refractivity contribution in [3.05, 3.63) is 46.7 Å². The smallest absolute Gasteiger partial charge is 0.421 e. The molecular formula is C20H25ClN4O4S. The standard InChI is InChI=1S/C20H25ClN4O4S/c1-13(2)12-25(20(26)27)30(28,29)10-8-17-14(3)22-23(4)19(17)24-9-7-15-11-16(21)5-6-18(15)24/h5-7,9,11,13H,8,10,12H2,1-4H3,(H,26,27). The van der Waals surface area contributed by atoms with E-state index in [1.807, 2.05) is 35.9 Å². The second kappa shape index (κ2) is 8.31. The van der Waals surface area contributed by atoms with Crippen LogP contribution in [-0.2, 0) is 23.5 Å². The zero-order valence-electron chi connectivity index (χ0n) is 17.3. The maximum Gasteiger partial charge on any atom is 0.421 e. The summed E-state index contributed by atoms with van der Waals surface area (Å²) in [6.07, 6.45) is 0.574. The van der Waals surface area contributed by atoms with E-state index < -0.39 is 16.1 Å². The highest BCUT2D eigenvalue weighted by atomic mass is 35.5. The van der Waals surface area contributed by atoms with Gasteiger partial charge in [0, 0.05) is 35.8 Å². The van der Waals surface area contributed by atoms with Gasteiger partial charge in [-0.15, -0.1) is 0 Å². The fraction of sp³-hybridized carbons (Fsp3) is 0.400. The molecular weight excluding hydrogens is 428 g/mol. The van der Waals surface area contributed by atoms with Crippen molar-refractivity contribution >= 4 is 38.6 Å². The van der Waals surface area contributed by atoms with E-state index in [4.69, 9.17) is 11.6 Å². The summed E-state index contributed by atoms with van der Waals surface area (Å²) in [4.78, 5) is 11.5. The van der Waals surface area contributed by atoms with Gasteiger partial charge in [0.2, 0.25) is 10.0 Å². The molecule has 0 saturated heterocycles. The molecule has 0 bridgehead atoms.